The molecule has 1 N–H and O–H groups in total. The molecule has 0 saturated heterocycles. The third kappa shape index (κ3) is 9.22. The monoisotopic (exact) mass is 739 g/mol. The standard InChI is InChI=1S/C34H31Cl3F3N3O4S/c1-2-17-41-33(45)31(19-23-9-5-3-6-10-23)42(21-24-13-15-29(36)30(37)18-24)32(44)22-43(48(46,47)26-11-7-4-8-12-26)25-14-16-28(35)27(20-25)34(38,39)40/h3-16,18,20,31H,2,17,19,21-22H2,1H3,(H,41,45). The highest BCUT2D eigenvalue weighted by Crippen LogP contribution is 2.38. The lowest BCUT2D eigenvalue weighted by atomic mass is 10.0. The summed E-state index contributed by atoms with van der Waals surface area (Å²) < 4.78 is 70.4. The topological polar surface area (TPSA) is 86.8 Å². The molecule has 0 aliphatic rings. The van der Waals surface area contributed by atoms with Crippen molar-refractivity contribution < 1.29 is 31.2 Å². The van der Waals surface area contributed by atoms with E-state index in [-0.39, 0.29) is 27.9 Å². The summed E-state index contributed by atoms with van der Waals surface area (Å²) in [7, 11) is -4.63. The fourth-order valence-corrected chi connectivity index (χ4v) is 6.86. The molecule has 254 valence electrons. The molecule has 0 aliphatic carbocycles. The number of anilines is 1. The first kappa shape index (κ1) is 37.1. The fraction of sp³-hybridized carbons (Fsp3) is 0.235. The average molecular weight is 741 g/mol. The molecular formula is C34H31Cl3F3N3O4S. The molecule has 0 heterocycles. The minimum atomic E-state index is -4.92. The summed E-state index contributed by atoms with van der Waals surface area (Å²) in [6.07, 6.45) is -4.27. The SMILES string of the molecule is CCCNC(=O)C(Cc1ccccc1)N(Cc1ccc(Cl)c(Cl)c1)C(=O)CN(c1ccc(Cl)c(C(F)(F)F)c1)S(=O)(=O)c1ccccc1. The summed E-state index contributed by atoms with van der Waals surface area (Å²) in [6.45, 7) is 1.00. The number of nitrogens with one attached hydrogen (secondary N) is 1. The number of hydrogen-bond donors (Lipinski definition) is 1. The van der Waals surface area contributed by atoms with Crippen molar-refractivity contribution in [1.29, 1.82) is 0 Å². The van der Waals surface area contributed by atoms with Crippen LogP contribution in [0.4, 0.5) is 18.9 Å². The molecule has 4 aromatic rings. The Kier molecular flexibility index (Phi) is 12.4. The molecule has 48 heavy (non-hydrogen) atoms. The van der Waals surface area contributed by atoms with E-state index in [1.54, 1.807) is 42.5 Å². The fourth-order valence-electron chi connectivity index (χ4n) is 4.89. The number of rotatable bonds is 13. The van der Waals surface area contributed by atoms with Gasteiger partial charge in [-0.25, -0.2) is 8.42 Å². The number of alkyl halides is 3. The number of sulfonamides is 1. The van der Waals surface area contributed by atoms with Crippen LogP contribution < -0.4 is 9.62 Å². The highest BCUT2D eigenvalue weighted by Gasteiger charge is 2.37. The predicted molar refractivity (Wildman–Crippen MR) is 182 cm³/mol. The van der Waals surface area contributed by atoms with Gasteiger partial charge in [-0.05, 0) is 60.0 Å². The molecule has 14 heteroatoms. The Morgan fingerprint density at radius 2 is 1.44 bits per heavy atom. The van der Waals surface area contributed by atoms with Gasteiger partial charge in [0.2, 0.25) is 11.8 Å². The van der Waals surface area contributed by atoms with Gasteiger partial charge in [-0.1, -0.05) is 96.3 Å². The smallest absolute Gasteiger partial charge is 0.354 e. The molecule has 1 unspecified atom stereocenters. The molecule has 0 saturated carbocycles. The van der Waals surface area contributed by atoms with Gasteiger partial charge < -0.3 is 10.2 Å². The predicted octanol–water partition coefficient (Wildman–Crippen LogP) is 8.03. The molecule has 0 aromatic heterocycles. The van der Waals surface area contributed by atoms with Crippen LogP contribution >= 0.6 is 34.8 Å². The second-order valence-electron chi connectivity index (χ2n) is 10.8. The lowest BCUT2D eigenvalue weighted by Crippen LogP contribution is -2.53. The number of carbonyl (C=O) groups excluding carboxylic acids is 2. The highest BCUT2D eigenvalue weighted by atomic mass is 35.5. The van der Waals surface area contributed by atoms with Crippen molar-refractivity contribution in [2.45, 2.75) is 43.4 Å². The molecule has 0 bridgehead atoms. The zero-order chi connectivity index (χ0) is 35.1. The van der Waals surface area contributed by atoms with E-state index in [1.165, 1.54) is 41.3 Å². The second kappa shape index (κ2) is 16.1. The molecule has 0 radical (unpaired) electrons. The number of amides is 2. The number of hydrogen-bond acceptors (Lipinski definition) is 4. The first-order chi connectivity index (χ1) is 22.7. The second-order valence-corrected chi connectivity index (χ2v) is 13.8. The Bertz CT molecular complexity index is 1850. The van der Waals surface area contributed by atoms with Crippen molar-refractivity contribution in [3.63, 3.8) is 0 Å². The van der Waals surface area contributed by atoms with E-state index in [2.05, 4.69) is 5.32 Å². The molecule has 0 spiro atoms. The molecule has 0 aliphatic heterocycles. The molecule has 7 nitrogen and oxygen atoms in total. The van der Waals surface area contributed by atoms with Crippen LogP contribution in [0.3, 0.4) is 0 Å². The van der Waals surface area contributed by atoms with Crippen molar-refractivity contribution >= 4 is 62.3 Å². The Balaban J connectivity index is 1.86. The van der Waals surface area contributed by atoms with Crippen LogP contribution in [-0.4, -0.2) is 44.3 Å². The van der Waals surface area contributed by atoms with E-state index in [9.17, 15) is 31.2 Å². The van der Waals surface area contributed by atoms with Gasteiger partial charge in [0.05, 0.1) is 31.2 Å². The van der Waals surface area contributed by atoms with Gasteiger partial charge in [0.1, 0.15) is 12.6 Å². The first-order valence-electron chi connectivity index (χ1n) is 14.7. The van der Waals surface area contributed by atoms with Crippen LogP contribution in [-0.2, 0) is 38.8 Å². The zero-order valence-corrected chi connectivity index (χ0v) is 28.6. The Morgan fingerprint density at radius 1 is 0.812 bits per heavy atom. The molecule has 0 fully saturated rings. The van der Waals surface area contributed by atoms with Crippen LogP contribution in [0.25, 0.3) is 0 Å². The van der Waals surface area contributed by atoms with Gasteiger partial charge in [0.15, 0.2) is 0 Å². The largest absolute Gasteiger partial charge is 0.417 e. The van der Waals surface area contributed by atoms with Crippen LogP contribution in [0.5, 0.6) is 0 Å². The minimum Gasteiger partial charge on any atom is -0.354 e. The molecule has 1 atom stereocenters. The summed E-state index contributed by atoms with van der Waals surface area (Å²) in [6, 6.07) is 21.9. The number of halogens is 6. The third-order valence-electron chi connectivity index (χ3n) is 7.31. The lowest BCUT2D eigenvalue weighted by Gasteiger charge is -2.34. The van der Waals surface area contributed by atoms with Crippen LogP contribution in [0.15, 0.2) is 102 Å². The average Bonchev–Trinajstić information content (AvgIpc) is 3.06. The van der Waals surface area contributed by atoms with E-state index in [4.69, 9.17) is 34.8 Å². The molecule has 4 aromatic carbocycles. The Labute approximate surface area is 292 Å². The van der Waals surface area contributed by atoms with E-state index < -0.39 is 56.9 Å². The van der Waals surface area contributed by atoms with Gasteiger partial charge in [-0.15, -0.1) is 0 Å². The van der Waals surface area contributed by atoms with Gasteiger partial charge in [0, 0.05) is 19.5 Å². The van der Waals surface area contributed by atoms with Crippen LogP contribution in [0, 0.1) is 0 Å². The summed E-state index contributed by atoms with van der Waals surface area (Å²) in [5, 5.41) is 2.61. The van der Waals surface area contributed by atoms with Crippen molar-refractivity contribution in [2.75, 3.05) is 17.4 Å². The number of nitrogens with zero attached hydrogens (tertiary/aromatic N) is 2. The number of carbonyl (C=O) groups is 2. The van der Waals surface area contributed by atoms with E-state index in [0.717, 1.165) is 12.1 Å². The Hall–Kier alpha value is -3.77. The summed E-state index contributed by atoms with van der Waals surface area (Å²) in [5.74, 6) is -1.37. The molecule has 4 rings (SSSR count). The molecular weight excluding hydrogens is 710 g/mol. The first-order valence-corrected chi connectivity index (χ1v) is 17.3. The van der Waals surface area contributed by atoms with E-state index in [0.29, 0.717) is 34.5 Å². The third-order valence-corrected chi connectivity index (χ3v) is 10.2. The van der Waals surface area contributed by atoms with Crippen molar-refractivity contribution in [1.82, 2.24) is 10.2 Å². The minimum absolute atomic E-state index is 0.0497. The van der Waals surface area contributed by atoms with Crippen molar-refractivity contribution in [3.05, 3.63) is 129 Å². The molecule has 2 amide bonds. The van der Waals surface area contributed by atoms with Gasteiger partial charge in [-0.2, -0.15) is 13.2 Å². The van der Waals surface area contributed by atoms with Crippen LogP contribution in [0.1, 0.15) is 30.0 Å². The summed E-state index contributed by atoms with van der Waals surface area (Å²) >= 11 is 18.2. The lowest BCUT2D eigenvalue weighted by molar-refractivity contribution is -0.140. The van der Waals surface area contributed by atoms with Gasteiger partial charge >= 0.3 is 6.18 Å². The van der Waals surface area contributed by atoms with E-state index >= 15 is 0 Å². The maximum atomic E-state index is 14.5. The summed E-state index contributed by atoms with van der Waals surface area (Å²) in [4.78, 5) is 29.1. The Morgan fingerprint density at radius 3 is 2.04 bits per heavy atom. The normalized spacial score (nSPS) is 12.3. The zero-order valence-electron chi connectivity index (χ0n) is 25.6. The van der Waals surface area contributed by atoms with Gasteiger partial charge in [-0.3, -0.25) is 13.9 Å². The summed E-state index contributed by atoms with van der Waals surface area (Å²) in [5.41, 5.74) is -0.547. The van der Waals surface area contributed by atoms with Gasteiger partial charge in [0.25, 0.3) is 10.0 Å². The van der Waals surface area contributed by atoms with Crippen molar-refractivity contribution in [3.8, 4) is 0 Å². The van der Waals surface area contributed by atoms with Crippen LogP contribution in [0.2, 0.25) is 15.1 Å². The van der Waals surface area contributed by atoms with E-state index in [1.807, 2.05) is 6.92 Å². The van der Waals surface area contributed by atoms with Crippen molar-refractivity contribution in [2.24, 2.45) is 0 Å². The highest BCUT2D eigenvalue weighted by molar-refractivity contribution is 7.92. The maximum Gasteiger partial charge on any atom is 0.417 e. The number of benzene rings is 4. The quantitative estimate of drug-likeness (QED) is 0.151. The maximum absolute atomic E-state index is 14.5.